The zero-order chi connectivity index (χ0) is 26.8. The van der Waals surface area contributed by atoms with Gasteiger partial charge >= 0.3 is 0 Å². The molecule has 4 aromatic carbocycles. The Bertz CT molecular complexity index is 1600. The van der Waals surface area contributed by atoms with Crippen molar-refractivity contribution in [1.29, 1.82) is 0 Å². The summed E-state index contributed by atoms with van der Waals surface area (Å²) in [6, 6.07) is 29.0. The summed E-state index contributed by atoms with van der Waals surface area (Å²) in [4.78, 5) is 29.9. The van der Waals surface area contributed by atoms with Gasteiger partial charge in [0, 0.05) is 17.0 Å². The maximum atomic E-state index is 13.6. The fraction of sp³-hybridized carbons (Fsp3) is 0.125. The average molecular weight is 535 g/mol. The smallest absolute Gasteiger partial charge is 0.265 e. The molecule has 194 valence electrons. The van der Waals surface area contributed by atoms with Gasteiger partial charge in [0.15, 0.2) is 11.5 Å². The molecule has 0 radical (unpaired) electrons. The molecule has 0 atom stereocenters. The van der Waals surface area contributed by atoms with Gasteiger partial charge < -0.3 is 19.7 Å². The minimum Gasteiger partial charge on any atom is -0.454 e. The van der Waals surface area contributed by atoms with Crippen LogP contribution in [0.15, 0.2) is 101 Å². The fourth-order valence-corrected chi connectivity index (χ4v) is 5.65. The van der Waals surface area contributed by atoms with Crippen LogP contribution in [0.3, 0.4) is 0 Å². The number of fused-ring (bicyclic) bond motifs is 2. The number of carbonyl (C=O) groups is 2. The van der Waals surface area contributed by atoms with Crippen LogP contribution >= 0.6 is 11.8 Å². The summed E-state index contributed by atoms with van der Waals surface area (Å²) in [5.41, 5.74) is 5.52. The summed E-state index contributed by atoms with van der Waals surface area (Å²) < 4.78 is 10.7. The Morgan fingerprint density at radius 2 is 1.72 bits per heavy atom. The van der Waals surface area contributed by atoms with Gasteiger partial charge in [-0.25, -0.2) is 0 Å². The largest absolute Gasteiger partial charge is 0.454 e. The minimum absolute atomic E-state index is 0.0347. The van der Waals surface area contributed by atoms with Crippen LogP contribution in [-0.2, 0) is 17.9 Å². The van der Waals surface area contributed by atoms with Crippen molar-refractivity contribution in [1.82, 2.24) is 5.32 Å². The molecule has 0 spiro atoms. The molecular formula is C32H26N2O4S. The molecule has 6 nitrogen and oxygen atoms in total. The van der Waals surface area contributed by atoms with Crippen LogP contribution in [0.1, 0.15) is 32.6 Å². The molecule has 0 saturated heterocycles. The fourth-order valence-electron chi connectivity index (χ4n) is 4.59. The number of rotatable bonds is 6. The number of para-hydroxylation sites is 1. The SMILES string of the molecule is Cc1ccccc1CN1C(=O)/C(=C\c2ccc(C(=O)NCc3ccc4c(c3)OCO4)cc2)Sc2ccccc21. The van der Waals surface area contributed by atoms with Gasteiger partial charge in [-0.2, -0.15) is 0 Å². The van der Waals surface area contributed by atoms with Crippen LogP contribution in [0.5, 0.6) is 11.5 Å². The summed E-state index contributed by atoms with van der Waals surface area (Å²) in [6.45, 7) is 3.16. The summed E-state index contributed by atoms with van der Waals surface area (Å²) in [7, 11) is 0. The maximum Gasteiger partial charge on any atom is 0.265 e. The van der Waals surface area contributed by atoms with E-state index in [-0.39, 0.29) is 18.6 Å². The highest BCUT2D eigenvalue weighted by Gasteiger charge is 2.29. The Kier molecular flexibility index (Phi) is 6.82. The lowest BCUT2D eigenvalue weighted by Crippen LogP contribution is -2.33. The lowest BCUT2D eigenvalue weighted by Gasteiger charge is -2.31. The first-order valence-corrected chi connectivity index (χ1v) is 13.5. The third kappa shape index (κ3) is 5.26. The van der Waals surface area contributed by atoms with Crippen molar-refractivity contribution in [3.63, 3.8) is 0 Å². The van der Waals surface area contributed by atoms with E-state index in [1.807, 2.05) is 77.7 Å². The topological polar surface area (TPSA) is 67.9 Å². The predicted molar refractivity (Wildman–Crippen MR) is 153 cm³/mol. The second-order valence-corrected chi connectivity index (χ2v) is 10.5. The minimum atomic E-state index is -0.173. The molecule has 0 fully saturated rings. The van der Waals surface area contributed by atoms with Crippen LogP contribution in [0, 0.1) is 6.92 Å². The number of amides is 2. The number of nitrogens with zero attached hydrogens (tertiary/aromatic N) is 1. The molecule has 39 heavy (non-hydrogen) atoms. The van der Waals surface area contributed by atoms with E-state index in [1.165, 1.54) is 11.8 Å². The Hall–Kier alpha value is -4.49. The molecule has 2 aliphatic heterocycles. The Morgan fingerprint density at radius 3 is 2.56 bits per heavy atom. The second kappa shape index (κ2) is 10.7. The van der Waals surface area contributed by atoms with Gasteiger partial charge in [0.25, 0.3) is 11.8 Å². The molecule has 2 aliphatic rings. The Balaban J connectivity index is 1.17. The van der Waals surface area contributed by atoms with E-state index >= 15 is 0 Å². The van der Waals surface area contributed by atoms with Crippen molar-refractivity contribution < 1.29 is 19.1 Å². The molecule has 0 bridgehead atoms. The number of aryl methyl sites for hydroxylation is 1. The molecular weight excluding hydrogens is 508 g/mol. The normalized spacial score (nSPS) is 14.8. The number of thioether (sulfide) groups is 1. The number of benzene rings is 4. The van der Waals surface area contributed by atoms with Crippen molar-refractivity contribution in [2.24, 2.45) is 0 Å². The molecule has 0 saturated carbocycles. The highest BCUT2D eigenvalue weighted by atomic mass is 32.2. The third-order valence-electron chi connectivity index (χ3n) is 6.78. The monoisotopic (exact) mass is 534 g/mol. The van der Waals surface area contributed by atoms with E-state index in [2.05, 4.69) is 24.4 Å². The highest BCUT2D eigenvalue weighted by Crippen LogP contribution is 2.42. The molecule has 0 aliphatic carbocycles. The summed E-state index contributed by atoms with van der Waals surface area (Å²) in [6.07, 6.45) is 1.89. The van der Waals surface area contributed by atoms with Gasteiger partial charge in [-0.3, -0.25) is 9.59 Å². The quantitative estimate of drug-likeness (QED) is 0.293. The lowest BCUT2D eigenvalue weighted by molar-refractivity contribution is -0.114. The summed E-state index contributed by atoms with van der Waals surface area (Å²) in [5, 5.41) is 2.94. The van der Waals surface area contributed by atoms with Crippen LogP contribution in [0.25, 0.3) is 6.08 Å². The molecule has 7 heteroatoms. The van der Waals surface area contributed by atoms with Crippen LogP contribution < -0.4 is 19.7 Å². The van der Waals surface area contributed by atoms with Gasteiger partial charge in [0.1, 0.15) is 0 Å². The number of nitrogens with one attached hydrogen (secondary N) is 1. The van der Waals surface area contributed by atoms with E-state index in [0.717, 1.165) is 32.8 Å². The maximum absolute atomic E-state index is 13.6. The van der Waals surface area contributed by atoms with E-state index in [9.17, 15) is 9.59 Å². The van der Waals surface area contributed by atoms with Crippen molar-refractivity contribution in [3.8, 4) is 11.5 Å². The van der Waals surface area contributed by atoms with E-state index < -0.39 is 0 Å². The molecule has 4 aromatic rings. The Morgan fingerprint density at radius 1 is 0.949 bits per heavy atom. The predicted octanol–water partition coefficient (Wildman–Crippen LogP) is 6.33. The zero-order valence-corrected chi connectivity index (χ0v) is 22.2. The van der Waals surface area contributed by atoms with E-state index in [1.54, 1.807) is 12.1 Å². The van der Waals surface area contributed by atoms with Gasteiger partial charge in [0.05, 0.1) is 17.1 Å². The van der Waals surface area contributed by atoms with Crippen molar-refractivity contribution in [2.75, 3.05) is 11.7 Å². The molecule has 0 aromatic heterocycles. The molecule has 6 rings (SSSR count). The first-order chi connectivity index (χ1) is 19.0. The van der Waals surface area contributed by atoms with Crippen LogP contribution in [0.2, 0.25) is 0 Å². The molecule has 1 N–H and O–H groups in total. The van der Waals surface area contributed by atoms with Gasteiger partial charge in [0.2, 0.25) is 6.79 Å². The van der Waals surface area contributed by atoms with E-state index in [4.69, 9.17) is 9.47 Å². The summed E-state index contributed by atoms with van der Waals surface area (Å²) in [5.74, 6) is 1.20. The second-order valence-electron chi connectivity index (χ2n) is 9.39. The van der Waals surface area contributed by atoms with Crippen molar-refractivity contribution in [3.05, 3.63) is 124 Å². The molecule has 2 amide bonds. The average Bonchev–Trinajstić information content (AvgIpc) is 3.43. The number of carbonyl (C=O) groups excluding carboxylic acids is 2. The number of hydrogen-bond donors (Lipinski definition) is 1. The van der Waals surface area contributed by atoms with Crippen LogP contribution in [0.4, 0.5) is 5.69 Å². The lowest BCUT2D eigenvalue weighted by atomic mass is 10.1. The van der Waals surface area contributed by atoms with Crippen LogP contribution in [-0.4, -0.2) is 18.6 Å². The number of hydrogen-bond acceptors (Lipinski definition) is 5. The first-order valence-electron chi connectivity index (χ1n) is 12.7. The standard InChI is InChI=1S/C32H26N2O4S/c1-21-6-2-3-7-25(21)19-34-26-8-4-5-9-29(26)39-30(32(34)36)17-22-10-13-24(14-11-22)31(35)33-18-23-12-15-27-28(16-23)38-20-37-27/h2-17H,18-20H2,1H3,(H,33,35)/b30-17+. The number of ether oxygens (including phenoxy) is 2. The number of anilines is 1. The molecule has 0 unspecified atom stereocenters. The zero-order valence-electron chi connectivity index (χ0n) is 21.3. The summed E-state index contributed by atoms with van der Waals surface area (Å²) >= 11 is 1.47. The van der Waals surface area contributed by atoms with Gasteiger partial charge in [-0.15, -0.1) is 0 Å². The molecule has 2 heterocycles. The van der Waals surface area contributed by atoms with Gasteiger partial charge in [-0.05, 0) is 71.7 Å². The van der Waals surface area contributed by atoms with E-state index in [0.29, 0.717) is 35.1 Å². The first kappa shape index (κ1) is 24.8. The Labute approximate surface area is 231 Å². The third-order valence-corrected chi connectivity index (χ3v) is 7.86. The van der Waals surface area contributed by atoms with Crippen molar-refractivity contribution >= 4 is 35.3 Å². The highest BCUT2D eigenvalue weighted by molar-refractivity contribution is 8.04. The van der Waals surface area contributed by atoms with Crippen molar-refractivity contribution in [2.45, 2.75) is 24.9 Å². The van der Waals surface area contributed by atoms with Gasteiger partial charge in [-0.1, -0.05) is 66.4 Å².